The van der Waals surface area contributed by atoms with E-state index in [4.69, 9.17) is 0 Å². The quantitative estimate of drug-likeness (QED) is 0.814. The van der Waals surface area contributed by atoms with Crippen molar-refractivity contribution in [2.24, 2.45) is 0 Å². The number of amides is 1. The monoisotopic (exact) mass is 352 g/mol. The molecule has 1 aliphatic rings. The van der Waals surface area contributed by atoms with Gasteiger partial charge in [0.15, 0.2) is 0 Å². The Hall–Kier alpha value is -3.14. The van der Waals surface area contributed by atoms with E-state index in [0.29, 0.717) is 31.6 Å². The number of aromatic nitrogens is 2. The van der Waals surface area contributed by atoms with E-state index in [2.05, 4.69) is 0 Å². The fourth-order valence-electron chi connectivity index (χ4n) is 3.28. The van der Waals surface area contributed by atoms with Crippen molar-refractivity contribution in [3.05, 3.63) is 67.5 Å². The summed E-state index contributed by atoms with van der Waals surface area (Å²) >= 11 is 0. The Morgan fingerprint density at radius 1 is 1.31 bits per heavy atom. The maximum absolute atomic E-state index is 12.6. The number of hydrogen-bond donors (Lipinski definition) is 0. The zero-order chi connectivity index (χ0) is 18.8. The van der Waals surface area contributed by atoms with E-state index in [1.165, 1.54) is 9.47 Å². The average Bonchev–Trinajstić information content (AvgIpc) is 3.10. The maximum atomic E-state index is 12.6. The van der Waals surface area contributed by atoms with Crippen molar-refractivity contribution < 1.29 is 4.79 Å². The molecular weight excluding hydrogens is 332 g/mol. The van der Waals surface area contributed by atoms with E-state index in [1.54, 1.807) is 7.05 Å². The lowest BCUT2D eigenvalue weighted by molar-refractivity contribution is -0.131. The average molecular weight is 352 g/mol. The van der Waals surface area contributed by atoms with Crippen LogP contribution in [0.4, 0.5) is 0 Å². The van der Waals surface area contributed by atoms with E-state index in [0.717, 1.165) is 15.7 Å². The molecule has 0 spiro atoms. The molecule has 7 heteroatoms. The predicted octanol–water partition coefficient (Wildman–Crippen LogP) is 0.795. The van der Waals surface area contributed by atoms with E-state index in [-0.39, 0.29) is 18.0 Å². The normalized spacial score (nSPS) is 12.5. The van der Waals surface area contributed by atoms with Crippen LogP contribution >= 0.6 is 0 Å². The van der Waals surface area contributed by atoms with Gasteiger partial charge in [-0.15, -0.1) is 0 Å². The molecule has 1 aliphatic heterocycles. The van der Waals surface area contributed by atoms with Gasteiger partial charge in [0.25, 0.3) is 5.56 Å². The highest BCUT2D eigenvalue weighted by Gasteiger charge is 2.24. The molecule has 0 N–H and O–H groups in total. The largest absolute Gasteiger partial charge is 0.340 e. The van der Waals surface area contributed by atoms with Crippen LogP contribution in [0.5, 0.6) is 0 Å². The first-order chi connectivity index (χ1) is 12.4. The number of fused-ring (bicyclic) bond motifs is 1. The molecule has 0 atom stereocenters. The number of aryl methyl sites for hydroxylation is 1. The summed E-state index contributed by atoms with van der Waals surface area (Å²) in [4.78, 5) is 39.1. The third kappa shape index (κ3) is 3.06. The Kier molecular flexibility index (Phi) is 4.76. The molecule has 1 amide bonds. The van der Waals surface area contributed by atoms with E-state index >= 15 is 0 Å². The lowest BCUT2D eigenvalue weighted by Gasteiger charge is -2.19. The van der Waals surface area contributed by atoms with Crippen LogP contribution in [0.15, 0.2) is 33.9 Å². The molecule has 0 saturated carbocycles. The number of nitrogens with zero attached hydrogens (tertiary/aromatic N) is 4. The van der Waals surface area contributed by atoms with E-state index < -0.39 is 11.2 Å². The van der Waals surface area contributed by atoms with Crippen LogP contribution in [0.25, 0.3) is 0 Å². The zero-order valence-electron chi connectivity index (χ0n) is 14.9. The summed E-state index contributed by atoms with van der Waals surface area (Å²) in [5.74, 6) is -0.352. The smallest absolute Gasteiger partial charge is 0.331 e. The molecule has 0 radical (unpaired) electrons. The van der Waals surface area contributed by atoms with Gasteiger partial charge in [0.2, 0.25) is 5.91 Å². The standard InChI is InChI=1S/C19H20N4O3/c1-13-6-3-4-7-14(13)11-21(2)17(24)12-23-18(25)15(10-20)16-8-5-9-22(16)19(23)26/h3-4,6-7H,5,8-9,11-12H2,1-2H3. The number of likely N-dealkylation sites (N-methyl/N-ethyl adjacent to an activating group) is 1. The van der Waals surface area contributed by atoms with Gasteiger partial charge in [0.1, 0.15) is 18.2 Å². The first-order valence-electron chi connectivity index (χ1n) is 8.49. The van der Waals surface area contributed by atoms with Crippen molar-refractivity contribution in [3.63, 3.8) is 0 Å². The summed E-state index contributed by atoms with van der Waals surface area (Å²) in [5, 5.41) is 9.29. The molecule has 3 rings (SSSR count). The molecule has 134 valence electrons. The van der Waals surface area contributed by atoms with Crippen LogP contribution in [0.2, 0.25) is 0 Å². The van der Waals surface area contributed by atoms with Gasteiger partial charge in [-0.2, -0.15) is 5.26 Å². The van der Waals surface area contributed by atoms with Gasteiger partial charge >= 0.3 is 5.69 Å². The fourth-order valence-corrected chi connectivity index (χ4v) is 3.28. The summed E-state index contributed by atoms with van der Waals surface area (Å²) in [5.41, 5.74) is 1.33. The highest BCUT2D eigenvalue weighted by Crippen LogP contribution is 2.13. The molecule has 2 heterocycles. The van der Waals surface area contributed by atoms with Crippen LogP contribution in [0.3, 0.4) is 0 Å². The first kappa shape index (κ1) is 17.7. The highest BCUT2D eigenvalue weighted by molar-refractivity contribution is 5.75. The Bertz CT molecular complexity index is 1030. The summed E-state index contributed by atoms with van der Waals surface area (Å²) in [6.45, 7) is 2.45. The van der Waals surface area contributed by atoms with Crippen molar-refractivity contribution >= 4 is 5.91 Å². The van der Waals surface area contributed by atoms with Crippen LogP contribution in [-0.2, 0) is 30.8 Å². The van der Waals surface area contributed by atoms with Crippen LogP contribution in [-0.4, -0.2) is 27.0 Å². The minimum absolute atomic E-state index is 0.0311. The Morgan fingerprint density at radius 2 is 2.04 bits per heavy atom. The summed E-state index contributed by atoms with van der Waals surface area (Å²) in [7, 11) is 1.63. The molecule has 0 fully saturated rings. The SMILES string of the molecule is Cc1ccccc1CN(C)C(=O)Cn1c(=O)c(C#N)c2n(c1=O)CCC2. The molecule has 0 saturated heterocycles. The highest BCUT2D eigenvalue weighted by atomic mass is 16.2. The van der Waals surface area contributed by atoms with Crippen molar-refractivity contribution in [2.45, 2.75) is 39.4 Å². The van der Waals surface area contributed by atoms with Gasteiger partial charge < -0.3 is 4.90 Å². The number of benzene rings is 1. The molecule has 0 aliphatic carbocycles. The van der Waals surface area contributed by atoms with Gasteiger partial charge in [0, 0.05) is 25.8 Å². The minimum atomic E-state index is -0.678. The molecule has 7 nitrogen and oxygen atoms in total. The molecule has 26 heavy (non-hydrogen) atoms. The topological polar surface area (TPSA) is 88.1 Å². The molecular formula is C19H20N4O3. The first-order valence-corrected chi connectivity index (χ1v) is 8.49. The van der Waals surface area contributed by atoms with Gasteiger partial charge in [-0.25, -0.2) is 9.36 Å². The fraction of sp³-hybridized carbons (Fsp3) is 0.368. The Labute approximate surface area is 150 Å². The minimum Gasteiger partial charge on any atom is -0.340 e. The van der Waals surface area contributed by atoms with Gasteiger partial charge in [-0.3, -0.25) is 14.2 Å². The molecule has 1 aromatic heterocycles. The Balaban J connectivity index is 1.89. The summed E-state index contributed by atoms with van der Waals surface area (Å²) in [6.07, 6.45) is 1.25. The molecule has 1 aromatic carbocycles. The van der Waals surface area contributed by atoms with Crippen molar-refractivity contribution in [1.29, 1.82) is 5.26 Å². The zero-order valence-corrected chi connectivity index (χ0v) is 14.9. The third-order valence-electron chi connectivity index (χ3n) is 4.83. The lowest BCUT2D eigenvalue weighted by atomic mass is 10.1. The molecule has 0 bridgehead atoms. The molecule has 0 unspecified atom stereocenters. The van der Waals surface area contributed by atoms with Gasteiger partial charge in [0.05, 0.1) is 0 Å². The lowest BCUT2D eigenvalue weighted by Crippen LogP contribution is -2.45. The predicted molar refractivity (Wildman–Crippen MR) is 95.7 cm³/mol. The number of rotatable bonds is 4. The van der Waals surface area contributed by atoms with Crippen molar-refractivity contribution in [1.82, 2.24) is 14.0 Å². The van der Waals surface area contributed by atoms with Crippen LogP contribution in [0, 0.1) is 18.3 Å². The van der Waals surface area contributed by atoms with Gasteiger partial charge in [-0.05, 0) is 30.9 Å². The maximum Gasteiger partial charge on any atom is 0.331 e. The molecule has 2 aromatic rings. The van der Waals surface area contributed by atoms with Gasteiger partial charge in [-0.1, -0.05) is 24.3 Å². The van der Waals surface area contributed by atoms with Crippen LogP contribution < -0.4 is 11.2 Å². The summed E-state index contributed by atoms with van der Waals surface area (Å²) in [6, 6.07) is 9.62. The number of nitriles is 1. The Morgan fingerprint density at radius 3 is 2.73 bits per heavy atom. The third-order valence-corrected chi connectivity index (χ3v) is 4.83. The van der Waals surface area contributed by atoms with Crippen molar-refractivity contribution in [2.75, 3.05) is 7.05 Å². The summed E-state index contributed by atoms with van der Waals surface area (Å²) < 4.78 is 2.32. The van der Waals surface area contributed by atoms with Crippen LogP contribution in [0.1, 0.15) is 28.8 Å². The van der Waals surface area contributed by atoms with Crippen molar-refractivity contribution in [3.8, 4) is 6.07 Å². The second-order valence-corrected chi connectivity index (χ2v) is 6.54. The number of hydrogen-bond acceptors (Lipinski definition) is 4. The number of carbonyl (C=O) groups is 1. The van der Waals surface area contributed by atoms with E-state index in [1.807, 2.05) is 37.3 Å². The van der Waals surface area contributed by atoms with E-state index in [9.17, 15) is 19.6 Å². The second kappa shape index (κ2) is 7.00. The number of carbonyl (C=O) groups excluding carboxylic acids is 1. The second-order valence-electron chi connectivity index (χ2n) is 6.54.